The molecule has 4 aromatic rings. The number of nitrogens with zero attached hydrogens (tertiary/aromatic N) is 6. The van der Waals surface area contributed by atoms with E-state index in [1.54, 1.807) is 18.5 Å². The number of anilines is 1. The van der Waals surface area contributed by atoms with Gasteiger partial charge in [0.15, 0.2) is 0 Å². The molecule has 9 nitrogen and oxygen atoms in total. The summed E-state index contributed by atoms with van der Waals surface area (Å²) >= 11 is 1.39. The highest BCUT2D eigenvalue weighted by Gasteiger charge is 2.20. The van der Waals surface area contributed by atoms with E-state index in [9.17, 15) is 9.59 Å². The number of hydrogen-bond donors (Lipinski definition) is 1. The Balaban J connectivity index is 1.51. The van der Waals surface area contributed by atoms with Crippen LogP contribution >= 0.6 is 11.3 Å². The fourth-order valence-corrected chi connectivity index (χ4v) is 4.37. The molecule has 0 radical (unpaired) electrons. The van der Waals surface area contributed by atoms with Crippen LogP contribution in [0.15, 0.2) is 47.8 Å². The number of carbonyl (C=O) groups excluding carboxylic acids is 2. The lowest BCUT2D eigenvalue weighted by atomic mass is 10.0. The summed E-state index contributed by atoms with van der Waals surface area (Å²) in [7, 11) is 1.62. The normalized spacial score (nSPS) is 10.9. The summed E-state index contributed by atoms with van der Waals surface area (Å²) in [6.45, 7) is 2.11. The number of aryl methyl sites for hydroxylation is 1. The molecule has 0 unspecified atom stereocenters. The van der Waals surface area contributed by atoms with Crippen LogP contribution in [0.2, 0.25) is 0 Å². The molecule has 0 aliphatic carbocycles. The fourth-order valence-electron chi connectivity index (χ4n) is 3.50. The lowest BCUT2D eigenvalue weighted by Gasteiger charge is -2.09. The van der Waals surface area contributed by atoms with E-state index in [0.717, 1.165) is 41.1 Å². The van der Waals surface area contributed by atoms with Gasteiger partial charge in [-0.25, -0.2) is 14.6 Å². The van der Waals surface area contributed by atoms with Crippen molar-refractivity contribution in [1.82, 2.24) is 30.2 Å². The molecule has 0 saturated heterocycles. The van der Waals surface area contributed by atoms with Gasteiger partial charge in [-0.2, -0.15) is 0 Å². The van der Waals surface area contributed by atoms with E-state index in [2.05, 4.69) is 37.7 Å². The summed E-state index contributed by atoms with van der Waals surface area (Å²) in [5, 5.41) is 16.3. The number of amides is 1. The molecule has 0 fully saturated rings. The summed E-state index contributed by atoms with van der Waals surface area (Å²) in [6.07, 6.45) is 4.05. The first-order valence-electron chi connectivity index (χ1n) is 11.1. The number of rotatable bonds is 10. The zero-order chi connectivity index (χ0) is 23.9. The van der Waals surface area contributed by atoms with Crippen LogP contribution < -0.4 is 5.32 Å². The molecule has 34 heavy (non-hydrogen) atoms. The minimum atomic E-state index is -0.323. The first-order chi connectivity index (χ1) is 16.5. The third-order valence-corrected chi connectivity index (χ3v) is 6.14. The SMILES string of the molecule is CCCCCC(=O)Nc1cccc(Cc2ccccc2-c2nc(C(=O)c3nnnn3C)cs2)n1. The highest BCUT2D eigenvalue weighted by atomic mass is 32.1. The average molecular weight is 476 g/mol. The fraction of sp³-hybridized carbons (Fsp3) is 0.292. The molecule has 0 aliphatic rings. The van der Waals surface area contributed by atoms with Gasteiger partial charge in [0.1, 0.15) is 16.5 Å². The smallest absolute Gasteiger partial charge is 0.251 e. The van der Waals surface area contributed by atoms with E-state index in [-0.39, 0.29) is 17.5 Å². The van der Waals surface area contributed by atoms with Crippen LogP contribution in [0.25, 0.3) is 10.6 Å². The van der Waals surface area contributed by atoms with Crippen LogP contribution in [-0.2, 0) is 18.3 Å². The number of pyridine rings is 1. The summed E-state index contributed by atoms with van der Waals surface area (Å²) < 4.78 is 1.33. The van der Waals surface area contributed by atoms with Gasteiger partial charge in [0.05, 0.1) is 0 Å². The van der Waals surface area contributed by atoms with E-state index in [1.807, 2.05) is 36.4 Å². The number of nitrogens with one attached hydrogen (secondary N) is 1. The third kappa shape index (κ3) is 5.57. The molecule has 0 saturated carbocycles. The number of thiazole rings is 1. The van der Waals surface area contributed by atoms with Gasteiger partial charge < -0.3 is 5.32 Å². The maximum Gasteiger partial charge on any atom is 0.251 e. The number of carbonyl (C=O) groups is 2. The lowest BCUT2D eigenvalue weighted by molar-refractivity contribution is -0.116. The number of unbranched alkanes of at least 4 members (excludes halogenated alkanes) is 2. The lowest BCUT2D eigenvalue weighted by Crippen LogP contribution is -2.12. The van der Waals surface area contributed by atoms with Crippen molar-refractivity contribution in [2.45, 2.75) is 39.0 Å². The van der Waals surface area contributed by atoms with Crippen molar-refractivity contribution in [1.29, 1.82) is 0 Å². The predicted molar refractivity (Wildman–Crippen MR) is 130 cm³/mol. The van der Waals surface area contributed by atoms with Crippen LogP contribution in [0.4, 0.5) is 5.82 Å². The molecule has 4 rings (SSSR count). The summed E-state index contributed by atoms with van der Waals surface area (Å²) in [6, 6.07) is 13.5. The molecule has 3 aromatic heterocycles. The highest BCUT2D eigenvalue weighted by Crippen LogP contribution is 2.29. The van der Waals surface area contributed by atoms with Gasteiger partial charge >= 0.3 is 0 Å². The molecular weight excluding hydrogens is 450 g/mol. The molecule has 1 amide bonds. The van der Waals surface area contributed by atoms with Gasteiger partial charge in [-0.05, 0) is 34.5 Å². The molecule has 0 atom stereocenters. The Kier molecular flexibility index (Phi) is 7.48. The van der Waals surface area contributed by atoms with Crippen molar-refractivity contribution < 1.29 is 9.59 Å². The van der Waals surface area contributed by atoms with Crippen molar-refractivity contribution in [2.75, 3.05) is 5.32 Å². The van der Waals surface area contributed by atoms with Crippen molar-refractivity contribution in [2.24, 2.45) is 7.05 Å². The second-order valence-electron chi connectivity index (χ2n) is 7.85. The van der Waals surface area contributed by atoms with Crippen molar-refractivity contribution in [3.05, 3.63) is 70.6 Å². The summed E-state index contributed by atoms with van der Waals surface area (Å²) in [5.74, 6) is 0.354. The van der Waals surface area contributed by atoms with Gasteiger partial charge in [-0.1, -0.05) is 50.1 Å². The maximum absolute atomic E-state index is 12.7. The average Bonchev–Trinajstić information content (AvgIpc) is 3.49. The van der Waals surface area contributed by atoms with Crippen LogP contribution in [0.5, 0.6) is 0 Å². The minimum absolute atomic E-state index is 0.0170. The second-order valence-corrected chi connectivity index (χ2v) is 8.70. The summed E-state index contributed by atoms with van der Waals surface area (Å²) in [4.78, 5) is 34.0. The quantitative estimate of drug-likeness (QED) is 0.271. The third-order valence-electron chi connectivity index (χ3n) is 5.26. The Bertz CT molecular complexity index is 1300. The molecule has 174 valence electrons. The molecule has 10 heteroatoms. The Morgan fingerprint density at radius 3 is 2.71 bits per heavy atom. The van der Waals surface area contributed by atoms with Gasteiger partial charge in [0.25, 0.3) is 5.78 Å². The topological polar surface area (TPSA) is 116 Å². The highest BCUT2D eigenvalue weighted by molar-refractivity contribution is 7.13. The van der Waals surface area contributed by atoms with Crippen molar-refractivity contribution in [3.8, 4) is 10.6 Å². The number of ketones is 1. The Hall–Kier alpha value is -3.79. The standard InChI is InChI=1S/C24H25N7O2S/c1-3-4-5-13-21(32)27-20-12-8-10-17(25-20)14-16-9-6-7-11-18(16)24-26-19(15-34-24)22(33)23-28-29-30-31(23)2/h6-12,15H,3-5,13-14H2,1-2H3,(H,25,27,32). The van der Waals surface area contributed by atoms with E-state index < -0.39 is 0 Å². The molecule has 3 heterocycles. The Morgan fingerprint density at radius 1 is 1.06 bits per heavy atom. The zero-order valence-corrected chi connectivity index (χ0v) is 19.9. The first kappa shape index (κ1) is 23.4. The molecule has 0 spiro atoms. The number of hydrogen-bond acceptors (Lipinski definition) is 8. The molecule has 0 aliphatic heterocycles. The van der Waals surface area contributed by atoms with Crippen LogP contribution in [0.1, 0.15) is 60.2 Å². The Morgan fingerprint density at radius 2 is 1.91 bits per heavy atom. The monoisotopic (exact) mass is 475 g/mol. The maximum atomic E-state index is 12.7. The molecular formula is C24H25N7O2S. The van der Waals surface area contributed by atoms with E-state index in [1.165, 1.54) is 16.0 Å². The Labute approximate surface area is 201 Å². The van der Waals surface area contributed by atoms with Gasteiger partial charge in [0.2, 0.25) is 11.7 Å². The largest absolute Gasteiger partial charge is 0.311 e. The van der Waals surface area contributed by atoms with Crippen LogP contribution in [0, 0.1) is 0 Å². The van der Waals surface area contributed by atoms with Gasteiger partial charge in [-0.3, -0.25) is 9.59 Å². The molecule has 0 bridgehead atoms. The predicted octanol–water partition coefficient (Wildman–Crippen LogP) is 4.07. The molecule has 1 aromatic carbocycles. The number of tetrazole rings is 1. The minimum Gasteiger partial charge on any atom is -0.311 e. The van der Waals surface area contributed by atoms with E-state index in [4.69, 9.17) is 0 Å². The van der Waals surface area contributed by atoms with Crippen molar-refractivity contribution in [3.63, 3.8) is 0 Å². The zero-order valence-electron chi connectivity index (χ0n) is 19.1. The molecule has 1 N–H and O–H groups in total. The van der Waals surface area contributed by atoms with Gasteiger partial charge in [-0.15, -0.1) is 16.4 Å². The van der Waals surface area contributed by atoms with Gasteiger partial charge in [0, 0.05) is 36.5 Å². The van der Waals surface area contributed by atoms with E-state index in [0.29, 0.717) is 24.4 Å². The summed E-state index contributed by atoms with van der Waals surface area (Å²) in [5.41, 5.74) is 3.09. The first-order valence-corrected chi connectivity index (χ1v) is 12.0. The number of aromatic nitrogens is 6. The van der Waals surface area contributed by atoms with Crippen molar-refractivity contribution >= 4 is 28.8 Å². The van der Waals surface area contributed by atoms with Crippen LogP contribution in [0.3, 0.4) is 0 Å². The van der Waals surface area contributed by atoms with Crippen LogP contribution in [-0.4, -0.2) is 41.9 Å². The number of benzene rings is 1. The van der Waals surface area contributed by atoms with E-state index >= 15 is 0 Å². The second kappa shape index (κ2) is 10.9.